The third-order valence-electron chi connectivity index (χ3n) is 6.75. The van der Waals surface area contributed by atoms with Crippen molar-refractivity contribution in [1.29, 1.82) is 0 Å². The number of nitro groups is 1. The molecule has 0 radical (unpaired) electrons. The number of likely N-dealkylation sites (N-methyl/N-ethyl adjacent to an activating group) is 2. The second-order valence-corrected chi connectivity index (χ2v) is 9.89. The van der Waals surface area contributed by atoms with Gasteiger partial charge in [-0.05, 0) is 24.6 Å². The van der Waals surface area contributed by atoms with E-state index < -0.39 is 96.6 Å². The largest absolute Gasteiger partial charge is 0.481 e. The van der Waals surface area contributed by atoms with Gasteiger partial charge >= 0.3 is 35.7 Å². The van der Waals surface area contributed by atoms with Crippen molar-refractivity contribution in [1.82, 2.24) is 10.2 Å². The van der Waals surface area contributed by atoms with Crippen molar-refractivity contribution in [2.24, 2.45) is 17.8 Å². The Balaban J connectivity index is 2.43. The molecule has 5 atom stereocenters. The molecule has 0 aliphatic carbocycles. The summed E-state index contributed by atoms with van der Waals surface area (Å²) in [4.78, 5) is 71.3. The number of rotatable bonds is 16. The molecule has 0 bridgehead atoms. The van der Waals surface area contributed by atoms with Crippen LogP contribution in [0, 0.1) is 27.9 Å². The molecule has 43 heavy (non-hydrogen) atoms. The van der Waals surface area contributed by atoms with Gasteiger partial charge in [0.15, 0.2) is 5.75 Å². The lowest BCUT2D eigenvalue weighted by molar-refractivity contribution is -0.387. The van der Waals surface area contributed by atoms with Crippen molar-refractivity contribution in [3.8, 4) is 5.75 Å². The van der Waals surface area contributed by atoms with Crippen LogP contribution in [0.4, 0.5) is 10.5 Å². The first kappa shape index (κ1) is 34.7. The molecule has 1 aliphatic rings. The molecule has 1 aliphatic heterocycles. The maximum Gasteiger partial charge on any atom is 0.409 e. The fourth-order valence-electron chi connectivity index (χ4n) is 4.73. The van der Waals surface area contributed by atoms with Gasteiger partial charge in [-0.2, -0.15) is 0 Å². The van der Waals surface area contributed by atoms with Crippen LogP contribution in [0.1, 0.15) is 31.7 Å². The number of carboxylic acids is 3. The number of hydrogen-bond acceptors (Lipinski definition) is 12. The van der Waals surface area contributed by atoms with Gasteiger partial charge in [-0.3, -0.25) is 29.3 Å². The smallest absolute Gasteiger partial charge is 0.409 e. The topological polar surface area (TPSA) is 241 Å². The van der Waals surface area contributed by atoms with Crippen LogP contribution < -0.4 is 10.1 Å². The van der Waals surface area contributed by atoms with Gasteiger partial charge in [0.05, 0.1) is 23.9 Å². The van der Waals surface area contributed by atoms with E-state index in [-0.39, 0.29) is 17.9 Å². The minimum Gasteiger partial charge on any atom is -0.481 e. The Hall–Kier alpha value is -4.51. The zero-order valence-electron chi connectivity index (χ0n) is 23.8. The Kier molecular flexibility index (Phi) is 13.1. The zero-order valence-corrected chi connectivity index (χ0v) is 23.8. The number of carboxylic acid groups (broad SMARTS) is 3. The second-order valence-electron chi connectivity index (χ2n) is 9.89. The highest BCUT2D eigenvalue weighted by Crippen LogP contribution is 2.43. The first-order valence-corrected chi connectivity index (χ1v) is 13.1. The van der Waals surface area contributed by atoms with Gasteiger partial charge in [-0.25, -0.2) is 4.79 Å². The van der Waals surface area contributed by atoms with E-state index in [9.17, 15) is 49.4 Å². The first-order valence-electron chi connectivity index (χ1n) is 13.1. The molecule has 4 N–H and O–H groups in total. The number of aliphatic carboxylic acids is 3. The zero-order chi connectivity index (χ0) is 32.3. The van der Waals surface area contributed by atoms with Crippen LogP contribution in [-0.4, -0.2) is 101 Å². The van der Waals surface area contributed by atoms with E-state index in [0.29, 0.717) is 13.1 Å². The van der Waals surface area contributed by atoms with E-state index in [1.54, 1.807) is 7.05 Å². The maximum absolute atomic E-state index is 12.2. The number of nitro benzene ring substituents is 1. The van der Waals surface area contributed by atoms with Gasteiger partial charge < -0.3 is 44.5 Å². The summed E-state index contributed by atoms with van der Waals surface area (Å²) < 4.78 is 21.8. The Morgan fingerprint density at radius 1 is 1.00 bits per heavy atom. The number of carbonyl (C=O) groups excluding carboxylic acids is 2. The second kappa shape index (κ2) is 16.2. The number of nitrogens with one attached hydrogen (secondary N) is 1. The standard InChI is InChI=1S/C26H35N3O14/c1-14(30)40-13-21-17(10-23(33)34)16(9-22(31)32)18(11-24(35)36)25(43-21)42-20-5-4-15(8-19(20)29(38)39)12-41-26(37)28(3)7-6-27-2/h4-5,8,16-18,21,25,27H,6-7,9-13H2,1-3H3,(H,31,32)(H,33,34)(H,35,36)/t16-,17-,18+,21-,25+/m0/s1. The quantitative estimate of drug-likeness (QED) is 0.117. The van der Waals surface area contributed by atoms with E-state index in [0.717, 1.165) is 13.0 Å². The summed E-state index contributed by atoms with van der Waals surface area (Å²) >= 11 is 0. The molecule has 0 spiro atoms. The highest BCUT2D eigenvalue weighted by Gasteiger charge is 2.49. The van der Waals surface area contributed by atoms with Crippen molar-refractivity contribution < 1.29 is 63.2 Å². The maximum atomic E-state index is 12.2. The van der Waals surface area contributed by atoms with E-state index in [1.165, 1.54) is 24.1 Å². The van der Waals surface area contributed by atoms with E-state index >= 15 is 0 Å². The summed E-state index contributed by atoms with van der Waals surface area (Å²) in [6.45, 7) is 1.15. The van der Waals surface area contributed by atoms with Gasteiger partial charge in [0.2, 0.25) is 6.29 Å². The Labute approximate surface area is 245 Å². The van der Waals surface area contributed by atoms with Gasteiger partial charge in [0, 0.05) is 51.4 Å². The average Bonchev–Trinajstić information content (AvgIpc) is 2.92. The van der Waals surface area contributed by atoms with Gasteiger partial charge in [0.25, 0.3) is 0 Å². The highest BCUT2D eigenvalue weighted by molar-refractivity contribution is 5.70. The number of carbonyl (C=O) groups is 5. The Morgan fingerprint density at radius 3 is 2.16 bits per heavy atom. The van der Waals surface area contributed by atoms with Crippen molar-refractivity contribution in [3.63, 3.8) is 0 Å². The summed E-state index contributed by atoms with van der Waals surface area (Å²) in [5.74, 6) is -8.69. The van der Waals surface area contributed by atoms with E-state index in [2.05, 4.69) is 5.32 Å². The Bertz CT molecular complexity index is 1190. The van der Waals surface area contributed by atoms with Crippen LogP contribution in [0.3, 0.4) is 0 Å². The minimum absolute atomic E-state index is 0.235. The Morgan fingerprint density at radius 2 is 1.60 bits per heavy atom. The lowest BCUT2D eigenvalue weighted by atomic mass is 9.71. The summed E-state index contributed by atoms with van der Waals surface area (Å²) in [7, 11) is 3.23. The third-order valence-corrected chi connectivity index (χ3v) is 6.75. The minimum atomic E-state index is -1.60. The average molecular weight is 614 g/mol. The molecule has 1 amide bonds. The summed E-state index contributed by atoms with van der Waals surface area (Å²) in [6.07, 6.45) is -5.53. The molecule has 17 heteroatoms. The van der Waals surface area contributed by atoms with Crippen LogP contribution >= 0.6 is 0 Å². The van der Waals surface area contributed by atoms with Gasteiger partial charge in [0.1, 0.15) is 13.2 Å². The lowest BCUT2D eigenvalue weighted by Crippen LogP contribution is -2.53. The number of nitrogens with zero attached hydrogens (tertiary/aromatic N) is 2. The summed E-state index contributed by atoms with van der Waals surface area (Å²) in [6, 6.07) is 3.64. The van der Waals surface area contributed by atoms with Gasteiger partial charge in [-0.1, -0.05) is 6.07 Å². The fraction of sp³-hybridized carbons (Fsp3) is 0.577. The van der Waals surface area contributed by atoms with Crippen LogP contribution in [0.5, 0.6) is 5.75 Å². The van der Waals surface area contributed by atoms with Crippen molar-refractivity contribution in [2.45, 2.75) is 45.2 Å². The molecular weight excluding hydrogens is 578 g/mol. The number of esters is 1. The molecule has 0 saturated carbocycles. The fourth-order valence-corrected chi connectivity index (χ4v) is 4.73. The van der Waals surface area contributed by atoms with Crippen LogP contribution in [0.15, 0.2) is 18.2 Å². The SMILES string of the molecule is CNCCN(C)C(=O)OCc1ccc(O[C@@H]2O[C@@H](COC(C)=O)[C@@H](CC(=O)O)[C@H](CC(=O)O)[C@H]2CC(=O)O)c([N+](=O)[O-])c1. The predicted molar refractivity (Wildman–Crippen MR) is 143 cm³/mol. The first-order chi connectivity index (χ1) is 20.2. The highest BCUT2D eigenvalue weighted by atomic mass is 16.7. The van der Waals surface area contributed by atoms with Crippen molar-refractivity contribution >= 4 is 35.7 Å². The molecule has 1 fully saturated rings. The molecule has 0 unspecified atom stereocenters. The van der Waals surface area contributed by atoms with Crippen LogP contribution in [-0.2, 0) is 40.0 Å². The molecule has 238 valence electrons. The molecular formula is C26H35N3O14. The van der Waals surface area contributed by atoms with Gasteiger partial charge in [-0.15, -0.1) is 0 Å². The molecule has 1 saturated heterocycles. The number of ether oxygens (including phenoxy) is 4. The molecule has 1 aromatic rings. The molecule has 1 heterocycles. The lowest BCUT2D eigenvalue weighted by Gasteiger charge is -2.45. The third kappa shape index (κ3) is 10.7. The number of benzene rings is 1. The number of hydrogen-bond donors (Lipinski definition) is 4. The number of amides is 1. The van der Waals surface area contributed by atoms with E-state index in [1.807, 2.05) is 0 Å². The molecule has 2 rings (SSSR count). The van der Waals surface area contributed by atoms with Crippen molar-refractivity contribution in [2.75, 3.05) is 33.8 Å². The molecule has 17 nitrogen and oxygen atoms in total. The predicted octanol–water partition coefficient (Wildman–Crippen LogP) is 1.32. The summed E-state index contributed by atoms with van der Waals surface area (Å²) in [5, 5.41) is 43.4. The van der Waals surface area contributed by atoms with E-state index in [4.69, 9.17) is 18.9 Å². The monoisotopic (exact) mass is 613 g/mol. The van der Waals surface area contributed by atoms with Crippen LogP contribution in [0.25, 0.3) is 0 Å². The normalized spacial score (nSPS) is 21.3. The van der Waals surface area contributed by atoms with Crippen LogP contribution in [0.2, 0.25) is 0 Å². The molecule has 1 aromatic carbocycles. The summed E-state index contributed by atoms with van der Waals surface area (Å²) in [5.41, 5.74) is -0.354. The van der Waals surface area contributed by atoms with Crippen molar-refractivity contribution in [3.05, 3.63) is 33.9 Å². The molecule has 0 aromatic heterocycles.